The lowest BCUT2D eigenvalue weighted by Gasteiger charge is -2.21. The highest BCUT2D eigenvalue weighted by Crippen LogP contribution is 2.35. The van der Waals surface area contributed by atoms with Gasteiger partial charge in [-0.05, 0) is 36.2 Å². The van der Waals surface area contributed by atoms with E-state index in [1.165, 1.54) is 11.8 Å². The summed E-state index contributed by atoms with van der Waals surface area (Å²) in [6, 6.07) is 11.9. The van der Waals surface area contributed by atoms with Crippen molar-refractivity contribution in [3.8, 4) is 0 Å². The number of amides is 2. The molecule has 2 aromatic carbocycles. The van der Waals surface area contributed by atoms with E-state index < -0.39 is 12.8 Å². The van der Waals surface area contributed by atoms with Gasteiger partial charge in [-0.25, -0.2) is 0 Å². The summed E-state index contributed by atoms with van der Waals surface area (Å²) in [4.78, 5) is 25.1. The van der Waals surface area contributed by atoms with Gasteiger partial charge in [0.15, 0.2) is 0 Å². The Morgan fingerprint density at radius 3 is 2.55 bits per heavy atom. The number of hydrogen-bond donors (Lipinski definition) is 2. The van der Waals surface area contributed by atoms with Gasteiger partial charge in [-0.2, -0.15) is 13.2 Å². The molecule has 0 radical (unpaired) electrons. The van der Waals surface area contributed by atoms with E-state index >= 15 is 0 Å². The Hall–Kier alpha value is -2.52. The molecule has 0 unspecified atom stereocenters. The van der Waals surface area contributed by atoms with Gasteiger partial charge < -0.3 is 15.4 Å². The van der Waals surface area contributed by atoms with Crippen molar-refractivity contribution in [3.63, 3.8) is 0 Å². The second-order valence-corrected chi connectivity index (χ2v) is 7.95. The molecular weight excluding hydrogens is 405 g/mol. The maximum absolute atomic E-state index is 12.4. The molecule has 0 aliphatic carbocycles. The van der Waals surface area contributed by atoms with Crippen molar-refractivity contribution in [1.82, 2.24) is 5.32 Å². The Morgan fingerprint density at radius 2 is 1.86 bits per heavy atom. The van der Waals surface area contributed by atoms with Gasteiger partial charge in [0.2, 0.25) is 5.91 Å². The van der Waals surface area contributed by atoms with Crippen molar-refractivity contribution in [3.05, 3.63) is 59.2 Å². The fourth-order valence-electron chi connectivity index (χ4n) is 2.67. The molecule has 0 fully saturated rings. The van der Waals surface area contributed by atoms with Crippen LogP contribution in [0.2, 0.25) is 0 Å². The Kier molecular flexibility index (Phi) is 6.49. The fourth-order valence-corrected chi connectivity index (χ4v) is 3.60. The third-order valence-corrected chi connectivity index (χ3v) is 5.36. The number of thioether (sulfide) groups is 1. The smallest absolute Gasteiger partial charge is 0.367 e. The first-order chi connectivity index (χ1) is 13.7. The van der Waals surface area contributed by atoms with Crippen molar-refractivity contribution in [2.45, 2.75) is 36.4 Å². The molecular formula is C20H19F3N2O3S. The number of rotatable bonds is 6. The Labute approximate surface area is 170 Å². The predicted molar refractivity (Wildman–Crippen MR) is 104 cm³/mol. The fraction of sp³-hybridized carbons (Fsp3) is 0.300. The number of halogens is 3. The summed E-state index contributed by atoms with van der Waals surface area (Å²) < 4.78 is 40.9. The van der Waals surface area contributed by atoms with E-state index in [2.05, 4.69) is 15.4 Å². The molecule has 1 aliphatic heterocycles. The number of carbonyl (C=O) groups excluding carboxylic acids is 2. The number of fused-ring (bicyclic) bond motifs is 1. The van der Waals surface area contributed by atoms with Crippen molar-refractivity contribution in [2.75, 3.05) is 11.9 Å². The summed E-state index contributed by atoms with van der Waals surface area (Å²) >= 11 is 1.44. The standard InChI is InChI=1S/C20H19F3N2O3S/c1-12-18(26)25-16-8-15(6-7-17(16)29-12)19(27)24-9-13-2-4-14(5-3-13)10-28-11-20(21,22)23/h2-8,12H,9-11H2,1H3,(H,24,27)(H,25,26)/t12-/m0/s1. The molecule has 0 aromatic heterocycles. The minimum absolute atomic E-state index is 0.0978. The van der Waals surface area contributed by atoms with Gasteiger partial charge in [-0.1, -0.05) is 24.3 Å². The number of benzene rings is 2. The second kappa shape index (κ2) is 8.87. The Morgan fingerprint density at radius 1 is 1.17 bits per heavy atom. The lowest BCUT2D eigenvalue weighted by molar-refractivity contribution is -0.176. The number of ether oxygens (including phenoxy) is 1. The first-order valence-electron chi connectivity index (χ1n) is 8.83. The van der Waals surface area contributed by atoms with Gasteiger partial charge in [-0.3, -0.25) is 9.59 Å². The van der Waals surface area contributed by atoms with Crippen LogP contribution in [0.3, 0.4) is 0 Å². The van der Waals surface area contributed by atoms with Crippen LogP contribution in [0.4, 0.5) is 18.9 Å². The van der Waals surface area contributed by atoms with E-state index in [0.29, 0.717) is 16.8 Å². The first kappa shape index (κ1) is 21.2. The largest absolute Gasteiger partial charge is 0.411 e. The molecule has 0 saturated heterocycles. The van der Waals surface area contributed by atoms with Gasteiger partial charge in [0.05, 0.1) is 17.5 Å². The molecule has 9 heteroatoms. The minimum Gasteiger partial charge on any atom is -0.367 e. The summed E-state index contributed by atoms with van der Waals surface area (Å²) in [6.45, 7) is 0.655. The van der Waals surface area contributed by atoms with Crippen LogP contribution < -0.4 is 10.6 Å². The minimum atomic E-state index is -4.35. The van der Waals surface area contributed by atoms with E-state index in [1.807, 2.05) is 6.92 Å². The lowest BCUT2D eigenvalue weighted by atomic mass is 10.1. The van der Waals surface area contributed by atoms with Gasteiger partial charge in [0, 0.05) is 17.0 Å². The maximum atomic E-state index is 12.4. The van der Waals surface area contributed by atoms with Crippen LogP contribution in [0.1, 0.15) is 28.4 Å². The van der Waals surface area contributed by atoms with Crippen LogP contribution in [0.25, 0.3) is 0 Å². The van der Waals surface area contributed by atoms with E-state index in [0.717, 1.165) is 10.5 Å². The molecule has 154 valence electrons. The van der Waals surface area contributed by atoms with Crippen LogP contribution >= 0.6 is 11.8 Å². The molecule has 2 aromatic rings. The van der Waals surface area contributed by atoms with E-state index in [-0.39, 0.29) is 30.2 Å². The van der Waals surface area contributed by atoms with Crippen LogP contribution in [0, 0.1) is 0 Å². The second-order valence-electron chi connectivity index (χ2n) is 6.57. The van der Waals surface area contributed by atoms with Crippen LogP contribution in [-0.4, -0.2) is 29.8 Å². The van der Waals surface area contributed by atoms with E-state index in [1.54, 1.807) is 42.5 Å². The molecule has 29 heavy (non-hydrogen) atoms. The highest BCUT2D eigenvalue weighted by atomic mass is 32.2. The number of hydrogen-bond acceptors (Lipinski definition) is 4. The Balaban J connectivity index is 1.53. The first-order valence-corrected chi connectivity index (χ1v) is 9.71. The normalized spacial score (nSPS) is 16.1. The van der Waals surface area contributed by atoms with Gasteiger partial charge in [-0.15, -0.1) is 11.8 Å². The van der Waals surface area contributed by atoms with Crippen LogP contribution in [0.5, 0.6) is 0 Å². The Bertz CT molecular complexity index is 901. The highest BCUT2D eigenvalue weighted by Gasteiger charge is 2.27. The van der Waals surface area contributed by atoms with E-state index in [9.17, 15) is 22.8 Å². The summed E-state index contributed by atoms with van der Waals surface area (Å²) in [5, 5.41) is 5.40. The third kappa shape index (κ3) is 5.98. The molecule has 2 amide bonds. The predicted octanol–water partition coefficient (Wildman–Crippen LogP) is 4.13. The molecule has 0 spiro atoms. The zero-order valence-electron chi connectivity index (χ0n) is 15.5. The third-order valence-electron chi connectivity index (χ3n) is 4.18. The molecule has 0 saturated carbocycles. The zero-order chi connectivity index (χ0) is 21.0. The number of nitrogens with one attached hydrogen (secondary N) is 2. The highest BCUT2D eigenvalue weighted by molar-refractivity contribution is 8.00. The van der Waals surface area contributed by atoms with Crippen LogP contribution in [-0.2, 0) is 22.7 Å². The number of carbonyl (C=O) groups is 2. The molecule has 3 rings (SSSR count). The molecule has 5 nitrogen and oxygen atoms in total. The van der Waals surface area contributed by atoms with Crippen molar-refractivity contribution < 1.29 is 27.5 Å². The molecule has 1 heterocycles. The summed E-state index contributed by atoms with van der Waals surface area (Å²) in [5.41, 5.74) is 2.46. The monoisotopic (exact) mass is 424 g/mol. The van der Waals surface area contributed by atoms with Gasteiger partial charge in [0.25, 0.3) is 5.91 Å². The van der Waals surface area contributed by atoms with Crippen molar-refractivity contribution >= 4 is 29.3 Å². The molecule has 2 N–H and O–H groups in total. The maximum Gasteiger partial charge on any atom is 0.411 e. The van der Waals surface area contributed by atoms with E-state index in [4.69, 9.17) is 0 Å². The molecule has 1 aliphatic rings. The molecule has 0 bridgehead atoms. The quantitative estimate of drug-likeness (QED) is 0.732. The average Bonchev–Trinajstić information content (AvgIpc) is 2.66. The van der Waals surface area contributed by atoms with Crippen molar-refractivity contribution in [2.24, 2.45) is 0 Å². The zero-order valence-corrected chi connectivity index (χ0v) is 16.3. The molecule has 1 atom stereocenters. The SMILES string of the molecule is C[C@@H]1Sc2ccc(C(=O)NCc3ccc(COCC(F)(F)F)cc3)cc2NC1=O. The topological polar surface area (TPSA) is 67.4 Å². The number of anilines is 1. The summed E-state index contributed by atoms with van der Waals surface area (Å²) in [5.74, 6) is -0.386. The average molecular weight is 424 g/mol. The summed E-state index contributed by atoms with van der Waals surface area (Å²) in [7, 11) is 0. The lowest BCUT2D eigenvalue weighted by Crippen LogP contribution is -2.27. The van der Waals surface area contributed by atoms with Crippen LogP contribution in [0.15, 0.2) is 47.4 Å². The van der Waals surface area contributed by atoms with Crippen molar-refractivity contribution in [1.29, 1.82) is 0 Å². The van der Waals surface area contributed by atoms with Gasteiger partial charge in [0.1, 0.15) is 6.61 Å². The summed E-state index contributed by atoms with van der Waals surface area (Å²) in [6.07, 6.45) is -4.35. The number of alkyl halides is 3. The van der Waals surface area contributed by atoms with Gasteiger partial charge >= 0.3 is 6.18 Å².